The average Bonchev–Trinajstić information content (AvgIpc) is 3.90. The van der Waals surface area contributed by atoms with E-state index >= 15 is 0 Å². The lowest BCUT2D eigenvalue weighted by atomic mass is 9.94. The lowest BCUT2D eigenvalue weighted by molar-refractivity contribution is 1.07. The lowest BCUT2D eigenvalue weighted by Gasteiger charge is -2.13. The summed E-state index contributed by atoms with van der Waals surface area (Å²) in [5, 5.41) is 6.09. The van der Waals surface area contributed by atoms with Crippen LogP contribution in [0.1, 0.15) is 0 Å². The summed E-state index contributed by atoms with van der Waals surface area (Å²) >= 11 is 3.69. The number of thiophene rings is 2. The fraction of sp³-hybridized carbons (Fsp3) is 0. The van der Waals surface area contributed by atoms with Gasteiger partial charge in [0.1, 0.15) is 0 Å². The molecule has 0 unspecified atom stereocenters. The molecule has 0 saturated heterocycles. The fourth-order valence-corrected chi connectivity index (χ4v) is 10.7. The first-order valence-electron chi connectivity index (χ1n) is 19.8. The summed E-state index contributed by atoms with van der Waals surface area (Å²) in [6.45, 7) is 0. The number of hydrogen-bond donors (Lipinski definition) is 0. The van der Waals surface area contributed by atoms with Crippen LogP contribution in [0.3, 0.4) is 0 Å². The topological polar surface area (TPSA) is 64.5 Å². The van der Waals surface area contributed by atoms with Gasteiger partial charge in [-0.1, -0.05) is 146 Å². The Morgan fingerprint density at radius 1 is 0.317 bits per heavy atom. The highest BCUT2D eigenvalue weighted by Gasteiger charge is 2.19. The summed E-state index contributed by atoms with van der Waals surface area (Å²) in [7, 11) is 0. The van der Waals surface area contributed by atoms with Crippen LogP contribution < -0.4 is 0 Å². The SMILES string of the molecule is c1ccc(-c2nc(-c3ccc(-c4ncc5ccccc5n4)cc3)nc(-c3cc(-c4cccc5c4sc4ccccc45)cc(-c4cccc5c4sc4ccccc45)c3)n2)cc1. The minimum Gasteiger partial charge on any atom is -0.236 e. The van der Waals surface area contributed by atoms with Crippen LogP contribution in [-0.2, 0) is 0 Å². The largest absolute Gasteiger partial charge is 0.236 e. The van der Waals surface area contributed by atoms with E-state index in [2.05, 4.69) is 120 Å². The minimum absolute atomic E-state index is 0.593. The zero-order valence-electron chi connectivity index (χ0n) is 32.0. The molecule has 8 aromatic carbocycles. The first-order chi connectivity index (χ1) is 29.7. The van der Waals surface area contributed by atoms with Crippen LogP contribution in [0, 0.1) is 0 Å². The number of aromatic nitrogens is 5. The van der Waals surface area contributed by atoms with Crippen molar-refractivity contribution in [2.45, 2.75) is 0 Å². The molecule has 0 bridgehead atoms. The van der Waals surface area contributed by atoms with Gasteiger partial charge in [-0.2, -0.15) is 0 Å². The smallest absolute Gasteiger partial charge is 0.164 e. The molecule has 0 radical (unpaired) electrons. The van der Waals surface area contributed by atoms with E-state index in [1.165, 1.54) is 51.5 Å². The summed E-state index contributed by atoms with van der Waals surface area (Å²) in [6, 6.07) is 63.9. The van der Waals surface area contributed by atoms with Crippen molar-refractivity contribution in [3.63, 3.8) is 0 Å². The van der Waals surface area contributed by atoms with E-state index in [1.54, 1.807) is 0 Å². The van der Waals surface area contributed by atoms with Crippen LogP contribution in [0.2, 0.25) is 0 Å². The van der Waals surface area contributed by atoms with Gasteiger partial charge in [-0.05, 0) is 58.7 Å². The molecule has 0 amide bonds. The number of fused-ring (bicyclic) bond motifs is 7. The van der Waals surface area contributed by atoms with E-state index in [4.69, 9.17) is 19.9 Å². The van der Waals surface area contributed by atoms with E-state index in [1.807, 2.05) is 95.6 Å². The standard InChI is InChI=1S/C53H31N5S2/c1-2-12-32(13-3-1)51-56-52(34-26-24-33(25-27-34)50-54-31-35-14-4-7-21-45(35)55-50)58-53(57-51)38-29-36(39-17-10-19-43-41-15-5-8-22-46(41)59-48(39)43)28-37(30-38)40-18-11-20-44-42-16-6-9-23-47(42)60-49(40)44/h1-31H. The van der Waals surface area contributed by atoms with Gasteiger partial charge in [0.05, 0.1) is 5.52 Å². The van der Waals surface area contributed by atoms with Crippen LogP contribution in [-0.4, -0.2) is 24.9 Å². The molecule has 0 saturated carbocycles. The molecule has 12 rings (SSSR count). The molecule has 60 heavy (non-hydrogen) atoms. The molecule has 7 heteroatoms. The molecule has 280 valence electrons. The Kier molecular flexibility index (Phi) is 8.14. The molecule has 0 aliphatic rings. The molecule has 0 spiro atoms. The molecule has 0 aliphatic heterocycles. The monoisotopic (exact) mass is 801 g/mol. The lowest BCUT2D eigenvalue weighted by Crippen LogP contribution is -2.00. The molecule has 12 aromatic rings. The third kappa shape index (κ3) is 5.94. The number of nitrogens with zero attached hydrogens (tertiary/aromatic N) is 5. The van der Waals surface area contributed by atoms with Gasteiger partial charge in [-0.3, -0.25) is 0 Å². The van der Waals surface area contributed by atoms with E-state index in [9.17, 15) is 0 Å². The van der Waals surface area contributed by atoms with Crippen molar-refractivity contribution in [3.8, 4) is 67.8 Å². The summed E-state index contributed by atoms with van der Waals surface area (Å²) < 4.78 is 5.08. The second kappa shape index (κ2) is 14.1. The van der Waals surface area contributed by atoms with Crippen LogP contribution in [0.4, 0.5) is 0 Å². The van der Waals surface area contributed by atoms with Crippen molar-refractivity contribution >= 4 is 73.9 Å². The molecule has 0 aliphatic carbocycles. The molecular weight excluding hydrogens is 771 g/mol. The fourth-order valence-electron chi connectivity index (χ4n) is 8.25. The molecule has 4 heterocycles. The van der Waals surface area contributed by atoms with Crippen LogP contribution in [0.15, 0.2) is 188 Å². The van der Waals surface area contributed by atoms with Gasteiger partial charge >= 0.3 is 0 Å². The highest BCUT2D eigenvalue weighted by molar-refractivity contribution is 7.26. The first kappa shape index (κ1) is 34.6. The molecular formula is C53H31N5S2. The van der Waals surface area contributed by atoms with Crippen molar-refractivity contribution in [1.82, 2.24) is 24.9 Å². The second-order valence-corrected chi connectivity index (χ2v) is 17.0. The highest BCUT2D eigenvalue weighted by atomic mass is 32.1. The molecule has 0 N–H and O–H groups in total. The van der Waals surface area contributed by atoms with Crippen molar-refractivity contribution in [3.05, 3.63) is 188 Å². The van der Waals surface area contributed by atoms with E-state index < -0.39 is 0 Å². The number of rotatable bonds is 6. The van der Waals surface area contributed by atoms with Gasteiger partial charge in [0, 0.05) is 74.2 Å². The maximum Gasteiger partial charge on any atom is 0.164 e. The summed E-state index contributed by atoms with van der Waals surface area (Å²) in [6.07, 6.45) is 1.88. The zero-order valence-corrected chi connectivity index (χ0v) is 33.6. The highest BCUT2D eigenvalue weighted by Crippen LogP contribution is 2.44. The Bertz CT molecular complexity index is 3480. The predicted octanol–water partition coefficient (Wildman–Crippen LogP) is 14.6. The van der Waals surface area contributed by atoms with Crippen molar-refractivity contribution < 1.29 is 0 Å². The van der Waals surface area contributed by atoms with E-state index in [-0.39, 0.29) is 0 Å². The normalized spacial score (nSPS) is 11.7. The van der Waals surface area contributed by atoms with Gasteiger partial charge in [-0.25, -0.2) is 24.9 Å². The Morgan fingerprint density at radius 3 is 1.40 bits per heavy atom. The Labute approximate surface area is 353 Å². The number of hydrogen-bond acceptors (Lipinski definition) is 7. The quantitative estimate of drug-likeness (QED) is 0.168. The van der Waals surface area contributed by atoms with Gasteiger partial charge in [0.25, 0.3) is 0 Å². The van der Waals surface area contributed by atoms with E-state index in [0.717, 1.165) is 44.3 Å². The summed E-state index contributed by atoms with van der Waals surface area (Å²) in [5.41, 5.74) is 9.14. The molecule has 0 fully saturated rings. The van der Waals surface area contributed by atoms with Crippen molar-refractivity contribution in [1.29, 1.82) is 0 Å². The third-order valence-electron chi connectivity index (χ3n) is 11.2. The average molecular weight is 802 g/mol. The molecule has 4 aromatic heterocycles. The second-order valence-electron chi connectivity index (χ2n) is 14.9. The van der Waals surface area contributed by atoms with Crippen LogP contribution >= 0.6 is 22.7 Å². The Hall–Kier alpha value is -7.45. The van der Waals surface area contributed by atoms with Gasteiger partial charge in [0.2, 0.25) is 0 Å². The van der Waals surface area contributed by atoms with E-state index in [0.29, 0.717) is 23.3 Å². The molecule has 5 nitrogen and oxygen atoms in total. The maximum absolute atomic E-state index is 5.26. The zero-order chi connectivity index (χ0) is 39.6. The summed E-state index contributed by atoms with van der Waals surface area (Å²) in [5.74, 6) is 2.49. The van der Waals surface area contributed by atoms with Gasteiger partial charge in [0.15, 0.2) is 23.3 Å². The first-order valence-corrected chi connectivity index (χ1v) is 21.4. The maximum atomic E-state index is 5.26. The predicted molar refractivity (Wildman–Crippen MR) is 251 cm³/mol. The Balaban J connectivity index is 1.06. The molecule has 0 atom stereocenters. The van der Waals surface area contributed by atoms with Crippen LogP contribution in [0.25, 0.3) is 119 Å². The van der Waals surface area contributed by atoms with Crippen molar-refractivity contribution in [2.75, 3.05) is 0 Å². The summed E-state index contributed by atoms with van der Waals surface area (Å²) in [4.78, 5) is 25.1. The third-order valence-corrected chi connectivity index (χ3v) is 13.6. The Morgan fingerprint density at radius 2 is 0.783 bits per heavy atom. The van der Waals surface area contributed by atoms with Crippen LogP contribution in [0.5, 0.6) is 0 Å². The number of para-hydroxylation sites is 1. The number of benzene rings is 8. The van der Waals surface area contributed by atoms with Crippen molar-refractivity contribution in [2.24, 2.45) is 0 Å². The minimum atomic E-state index is 0.593. The van der Waals surface area contributed by atoms with Gasteiger partial charge in [-0.15, -0.1) is 22.7 Å². The van der Waals surface area contributed by atoms with Gasteiger partial charge < -0.3 is 0 Å².